The van der Waals surface area contributed by atoms with Gasteiger partial charge in [-0.2, -0.15) is 11.8 Å². The summed E-state index contributed by atoms with van der Waals surface area (Å²) in [5.74, 6) is 0.0782. The molecule has 2 N–H and O–H groups in total. The van der Waals surface area contributed by atoms with Crippen molar-refractivity contribution in [2.45, 2.75) is 76.1 Å². The number of amides is 3. The van der Waals surface area contributed by atoms with Gasteiger partial charge in [0.05, 0.1) is 12.5 Å². The van der Waals surface area contributed by atoms with Crippen LogP contribution >= 0.6 is 11.8 Å². The second kappa shape index (κ2) is 9.78. The number of nitrogens with one attached hydrogen (secondary N) is 1. The fourth-order valence-corrected chi connectivity index (χ4v) is 5.14. The molecular weight excluding hydrogens is 366 g/mol. The van der Waals surface area contributed by atoms with E-state index in [9.17, 15) is 19.6 Å². The number of carbonyl (C=O) groups excluding carboxylic acids is 3. The van der Waals surface area contributed by atoms with Gasteiger partial charge in [-0.05, 0) is 39.5 Å². The second-order valence-electron chi connectivity index (χ2n) is 8.10. The molecule has 2 aliphatic rings. The van der Waals surface area contributed by atoms with E-state index in [2.05, 4.69) is 5.32 Å². The molecule has 2 aliphatic heterocycles. The van der Waals surface area contributed by atoms with Crippen LogP contribution in [0.25, 0.3) is 0 Å². The molecule has 3 atom stereocenters. The number of thioether (sulfide) groups is 1. The van der Waals surface area contributed by atoms with Crippen LogP contribution in [0.4, 0.5) is 0 Å². The zero-order valence-corrected chi connectivity index (χ0v) is 17.5. The van der Waals surface area contributed by atoms with E-state index in [1.54, 1.807) is 11.8 Å². The average Bonchev–Trinajstić information content (AvgIpc) is 2.75. The Kier molecular flexibility index (Phi) is 7.97. The number of hydrogen-bond acceptors (Lipinski definition) is 5. The zero-order valence-electron chi connectivity index (χ0n) is 16.6. The third-order valence-corrected chi connectivity index (χ3v) is 7.12. The van der Waals surface area contributed by atoms with Crippen LogP contribution in [-0.4, -0.2) is 69.1 Å². The van der Waals surface area contributed by atoms with Crippen LogP contribution < -0.4 is 5.32 Å². The maximum atomic E-state index is 13.2. The fraction of sp³-hybridized carbons (Fsp3) is 0.842. The van der Waals surface area contributed by atoms with Crippen molar-refractivity contribution in [1.29, 1.82) is 0 Å². The van der Waals surface area contributed by atoms with Crippen molar-refractivity contribution in [3.8, 4) is 0 Å². The molecule has 7 nitrogen and oxygen atoms in total. The Bertz CT molecular complexity index is 543. The molecule has 0 bridgehead atoms. The van der Waals surface area contributed by atoms with Gasteiger partial charge >= 0.3 is 0 Å². The third-order valence-electron chi connectivity index (χ3n) is 5.59. The van der Waals surface area contributed by atoms with Crippen LogP contribution in [0.5, 0.6) is 0 Å². The van der Waals surface area contributed by atoms with Gasteiger partial charge in [0, 0.05) is 23.1 Å². The highest BCUT2D eigenvalue weighted by Crippen LogP contribution is 2.37. The molecule has 154 valence electrons. The SMILES string of the molecule is CCCC[C@H](CN(O)C=O)C(=O)N[C@@H]1C(=O)N2CCCCC2CSC1(C)C. The van der Waals surface area contributed by atoms with Crippen LogP contribution in [0.3, 0.4) is 0 Å². The van der Waals surface area contributed by atoms with E-state index in [1.807, 2.05) is 25.7 Å². The van der Waals surface area contributed by atoms with Crippen molar-refractivity contribution in [2.75, 3.05) is 18.8 Å². The summed E-state index contributed by atoms with van der Waals surface area (Å²) in [6.07, 6.45) is 5.77. The fourth-order valence-electron chi connectivity index (χ4n) is 3.84. The quantitative estimate of drug-likeness (QED) is 0.370. The highest BCUT2D eigenvalue weighted by molar-refractivity contribution is 8.00. The number of unbranched alkanes of at least 4 members (excludes halogenated alkanes) is 1. The number of carbonyl (C=O) groups is 3. The lowest BCUT2D eigenvalue weighted by atomic mass is 9.95. The Morgan fingerprint density at radius 3 is 2.89 bits per heavy atom. The minimum absolute atomic E-state index is 0.00599. The first kappa shape index (κ1) is 22.0. The first-order chi connectivity index (χ1) is 12.8. The molecule has 8 heteroatoms. The number of rotatable bonds is 8. The smallest absolute Gasteiger partial charge is 0.246 e. The summed E-state index contributed by atoms with van der Waals surface area (Å²) in [5.41, 5.74) is 0. The molecule has 0 spiro atoms. The van der Waals surface area contributed by atoms with Crippen molar-refractivity contribution in [3.63, 3.8) is 0 Å². The van der Waals surface area contributed by atoms with Crippen LogP contribution in [0.1, 0.15) is 59.3 Å². The summed E-state index contributed by atoms with van der Waals surface area (Å²) in [6, 6.07) is -0.359. The highest BCUT2D eigenvalue weighted by atomic mass is 32.2. The summed E-state index contributed by atoms with van der Waals surface area (Å²) < 4.78 is -0.414. The first-order valence-corrected chi connectivity index (χ1v) is 10.9. The number of fused-ring (bicyclic) bond motifs is 1. The van der Waals surface area contributed by atoms with Crippen molar-refractivity contribution < 1.29 is 19.6 Å². The minimum Gasteiger partial charge on any atom is -0.343 e. The van der Waals surface area contributed by atoms with Gasteiger partial charge in [-0.15, -0.1) is 0 Å². The van der Waals surface area contributed by atoms with E-state index < -0.39 is 16.7 Å². The van der Waals surface area contributed by atoms with Gasteiger partial charge in [0.1, 0.15) is 6.04 Å². The topological polar surface area (TPSA) is 90.0 Å². The van der Waals surface area contributed by atoms with Gasteiger partial charge in [0.2, 0.25) is 18.2 Å². The van der Waals surface area contributed by atoms with E-state index in [4.69, 9.17) is 0 Å². The molecular formula is C19H33N3O4S. The van der Waals surface area contributed by atoms with Gasteiger partial charge < -0.3 is 10.2 Å². The van der Waals surface area contributed by atoms with Crippen molar-refractivity contribution in [3.05, 3.63) is 0 Å². The maximum absolute atomic E-state index is 13.2. The molecule has 0 aromatic carbocycles. The maximum Gasteiger partial charge on any atom is 0.246 e. The van der Waals surface area contributed by atoms with E-state index in [1.165, 1.54) is 0 Å². The molecule has 3 amide bonds. The highest BCUT2D eigenvalue weighted by Gasteiger charge is 2.45. The Morgan fingerprint density at radius 1 is 1.48 bits per heavy atom. The number of hydroxylamine groups is 2. The van der Waals surface area contributed by atoms with Crippen LogP contribution in [-0.2, 0) is 14.4 Å². The molecule has 1 unspecified atom stereocenters. The van der Waals surface area contributed by atoms with Crippen molar-refractivity contribution >= 4 is 30.0 Å². The monoisotopic (exact) mass is 399 g/mol. The normalized spacial score (nSPS) is 25.9. The molecule has 0 radical (unpaired) electrons. The van der Waals surface area contributed by atoms with E-state index in [0.717, 1.165) is 44.4 Å². The standard InChI is InChI=1S/C19H33N3O4S/c1-4-5-8-14(11-21(26)13-23)17(24)20-16-18(25)22-10-7-6-9-15(22)12-27-19(16,2)3/h13-16,26H,4-12H2,1-3H3,(H,20,24)/t14-,15?,16-/m1/s1. The molecule has 0 aromatic heterocycles. The summed E-state index contributed by atoms with van der Waals surface area (Å²) in [7, 11) is 0. The van der Waals surface area contributed by atoms with Crippen LogP contribution in [0.2, 0.25) is 0 Å². The van der Waals surface area contributed by atoms with Gasteiger partial charge in [-0.3, -0.25) is 19.6 Å². The third kappa shape index (κ3) is 5.60. The van der Waals surface area contributed by atoms with E-state index in [0.29, 0.717) is 17.9 Å². The molecule has 2 saturated heterocycles. The Labute approximate surface area is 166 Å². The minimum atomic E-state index is -0.606. The largest absolute Gasteiger partial charge is 0.343 e. The van der Waals surface area contributed by atoms with Gasteiger partial charge in [0.25, 0.3) is 0 Å². The molecule has 27 heavy (non-hydrogen) atoms. The Morgan fingerprint density at radius 2 is 2.22 bits per heavy atom. The van der Waals surface area contributed by atoms with Gasteiger partial charge in [0.15, 0.2) is 0 Å². The molecule has 0 aliphatic carbocycles. The second-order valence-corrected chi connectivity index (χ2v) is 9.78. The molecule has 2 fully saturated rings. The number of piperidine rings is 1. The lowest BCUT2D eigenvalue weighted by Gasteiger charge is -2.37. The molecule has 0 aromatic rings. The lowest BCUT2D eigenvalue weighted by Crippen LogP contribution is -2.59. The van der Waals surface area contributed by atoms with Gasteiger partial charge in [-0.1, -0.05) is 19.8 Å². The lowest BCUT2D eigenvalue weighted by molar-refractivity contribution is -0.155. The predicted octanol–water partition coefficient (Wildman–Crippen LogP) is 2.03. The first-order valence-electron chi connectivity index (χ1n) is 9.95. The van der Waals surface area contributed by atoms with Crippen molar-refractivity contribution in [2.24, 2.45) is 5.92 Å². The Balaban J connectivity index is 2.15. The molecule has 0 saturated carbocycles. The van der Waals surface area contributed by atoms with Crippen LogP contribution in [0.15, 0.2) is 0 Å². The number of hydrogen-bond donors (Lipinski definition) is 2. The summed E-state index contributed by atoms with van der Waals surface area (Å²) >= 11 is 1.74. The van der Waals surface area contributed by atoms with Gasteiger partial charge in [-0.25, -0.2) is 5.06 Å². The van der Waals surface area contributed by atoms with E-state index >= 15 is 0 Å². The molecule has 2 heterocycles. The summed E-state index contributed by atoms with van der Waals surface area (Å²) in [6.45, 7) is 6.72. The average molecular weight is 400 g/mol. The van der Waals surface area contributed by atoms with E-state index in [-0.39, 0.29) is 24.4 Å². The predicted molar refractivity (Wildman–Crippen MR) is 105 cm³/mol. The Hall–Kier alpha value is -1.28. The summed E-state index contributed by atoms with van der Waals surface area (Å²) in [4.78, 5) is 38.9. The van der Waals surface area contributed by atoms with Crippen molar-refractivity contribution in [1.82, 2.24) is 15.3 Å². The molecule has 2 rings (SSSR count). The summed E-state index contributed by atoms with van der Waals surface area (Å²) in [5, 5.41) is 13.0. The van der Waals surface area contributed by atoms with Crippen LogP contribution in [0, 0.1) is 5.92 Å². The zero-order chi connectivity index (χ0) is 20.0. The number of nitrogens with zero attached hydrogens (tertiary/aromatic N) is 2.